The van der Waals surface area contributed by atoms with Crippen LogP contribution in [-0.4, -0.2) is 45.5 Å². The zero-order valence-corrected chi connectivity index (χ0v) is 18.1. The minimum absolute atomic E-state index is 0.132. The number of amides is 1. The second-order valence-corrected chi connectivity index (χ2v) is 7.46. The quantitative estimate of drug-likeness (QED) is 0.331. The Bertz CT molecular complexity index is 1090. The number of ether oxygens (including phenoxy) is 1. The van der Waals surface area contributed by atoms with Crippen LogP contribution in [0.3, 0.4) is 0 Å². The van der Waals surface area contributed by atoms with Gasteiger partial charge < -0.3 is 10.1 Å². The average Bonchev–Trinajstić information content (AvgIpc) is 3.34. The van der Waals surface area contributed by atoms with E-state index >= 15 is 0 Å². The summed E-state index contributed by atoms with van der Waals surface area (Å²) in [6.07, 6.45) is 4.49. The maximum Gasteiger partial charge on any atom is 0.276 e. The van der Waals surface area contributed by atoms with Crippen molar-refractivity contribution in [3.63, 3.8) is 0 Å². The van der Waals surface area contributed by atoms with Gasteiger partial charge in [-0.2, -0.15) is 5.10 Å². The van der Waals surface area contributed by atoms with Crippen molar-refractivity contribution in [1.82, 2.24) is 20.0 Å². The molecule has 1 aliphatic heterocycles. The van der Waals surface area contributed by atoms with Gasteiger partial charge in [-0.15, -0.1) is 0 Å². The zero-order valence-electron chi connectivity index (χ0n) is 17.3. The van der Waals surface area contributed by atoms with Crippen molar-refractivity contribution in [2.24, 2.45) is 0 Å². The molecule has 1 saturated heterocycles. The average molecular weight is 433 g/mol. The fourth-order valence-corrected chi connectivity index (χ4v) is 3.71. The van der Waals surface area contributed by atoms with E-state index in [0.29, 0.717) is 30.6 Å². The van der Waals surface area contributed by atoms with E-state index in [1.54, 1.807) is 4.90 Å². The second kappa shape index (κ2) is 9.68. The minimum Gasteiger partial charge on any atom is -0.382 e. The number of aromatic nitrogens is 2. The molecule has 4 rings (SSSR count). The van der Waals surface area contributed by atoms with Crippen LogP contribution in [0.1, 0.15) is 18.9 Å². The summed E-state index contributed by atoms with van der Waals surface area (Å²) in [5, 5.41) is 8.28. The van der Waals surface area contributed by atoms with Gasteiger partial charge in [0.25, 0.3) is 5.91 Å². The van der Waals surface area contributed by atoms with Gasteiger partial charge >= 0.3 is 0 Å². The van der Waals surface area contributed by atoms with Crippen LogP contribution in [0.15, 0.2) is 72.6 Å². The van der Waals surface area contributed by atoms with Gasteiger partial charge in [-0.1, -0.05) is 48.5 Å². The molecule has 0 unspecified atom stereocenters. The molecule has 7 heteroatoms. The summed E-state index contributed by atoms with van der Waals surface area (Å²) in [7, 11) is 0. The van der Waals surface area contributed by atoms with E-state index < -0.39 is 0 Å². The molecule has 1 aromatic heterocycles. The van der Waals surface area contributed by atoms with Crippen LogP contribution in [0.2, 0.25) is 0 Å². The molecule has 158 valence electrons. The number of nitrogens with zero attached hydrogens (tertiary/aromatic N) is 3. The van der Waals surface area contributed by atoms with Crippen LogP contribution in [0.4, 0.5) is 0 Å². The first kappa shape index (κ1) is 21.0. The second-order valence-electron chi connectivity index (χ2n) is 7.07. The first-order valence-electron chi connectivity index (χ1n) is 10.3. The monoisotopic (exact) mass is 432 g/mol. The predicted octanol–water partition coefficient (Wildman–Crippen LogP) is 4.02. The van der Waals surface area contributed by atoms with E-state index in [4.69, 9.17) is 22.1 Å². The number of carbonyl (C=O) groups excluding carboxylic acids is 1. The van der Waals surface area contributed by atoms with Crippen molar-refractivity contribution in [2.75, 3.05) is 19.8 Å². The molecule has 1 N–H and O–H groups in total. The Balaban J connectivity index is 1.65. The Labute approximate surface area is 187 Å². The van der Waals surface area contributed by atoms with E-state index in [-0.39, 0.29) is 5.91 Å². The molecule has 2 heterocycles. The van der Waals surface area contributed by atoms with Crippen molar-refractivity contribution < 1.29 is 9.53 Å². The number of nitrogens with one attached hydrogen (secondary N) is 1. The van der Waals surface area contributed by atoms with Crippen LogP contribution in [-0.2, 0) is 9.53 Å². The molecule has 1 aliphatic rings. The smallest absolute Gasteiger partial charge is 0.276 e. The lowest BCUT2D eigenvalue weighted by molar-refractivity contribution is -0.122. The Morgan fingerprint density at radius 2 is 1.81 bits per heavy atom. The van der Waals surface area contributed by atoms with Gasteiger partial charge in [0, 0.05) is 37.1 Å². The zero-order chi connectivity index (χ0) is 21.6. The van der Waals surface area contributed by atoms with Crippen LogP contribution in [0, 0.1) is 0 Å². The summed E-state index contributed by atoms with van der Waals surface area (Å²) in [6.45, 7) is 3.74. The van der Waals surface area contributed by atoms with Crippen LogP contribution < -0.4 is 5.32 Å². The van der Waals surface area contributed by atoms with E-state index in [9.17, 15) is 4.79 Å². The normalized spacial score (nSPS) is 15.0. The molecule has 0 aliphatic carbocycles. The maximum absolute atomic E-state index is 12.9. The fraction of sp³-hybridized carbons (Fsp3) is 0.208. The molecule has 0 bridgehead atoms. The van der Waals surface area contributed by atoms with Crippen molar-refractivity contribution >= 4 is 29.3 Å². The molecule has 2 aromatic carbocycles. The highest BCUT2D eigenvalue weighted by Crippen LogP contribution is 2.26. The third kappa shape index (κ3) is 4.73. The summed E-state index contributed by atoms with van der Waals surface area (Å²) in [6, 6.07) is 19.8. The highest BCUT2D eigenvalue weighted by Gasteiger charge is 2.30. The van der Waals surface area contributed by atoms with E-state index in [1.165, 1.54) is 0 Å². The number of carbonyl (C=O) groups is 1. The number of para-hydroxylation sites is 1. The van der Waals surface area contributed by atoms with Gasteiger partial charge in [-0.3, -0.25) is 9.69 Å². The summed E-state index contributed by atoms with van der Waals surface area (Å²) >= 11 is 5.39. The first-order valence-corrected chi connectivity index (χ1v) is 10.7. The number of hydrogen-bond acceptors (Lipinski definition) is 4. The van der Waals surface area contributed by atoms with Gasteiger partial charge in [0.1, 0.15) is 11.4 Å². The van der Waals surface area contributed by atoms with Crippen molar-refractivity contribution in [2.45, 2.75) is 13.3 Å². The molecule has 31 heavy (non-hydrogen) atoms. The number of thiocarbonyl (C=S) groups is 1. The summed E-state index contributed by atoms with van der Waals surface area (Å²) in [5.74, 6) is -0.132. The topological polar surface area (TPSA) is 59.4 Å². The molecule has 6 nitrogen and oxygen atoms in total. The number of rotatable bonds is 8. The Morgan fingerprint density at radius 3 is 2.52 bits per heavy atom. The molecule has 0 radical (unpaired) electrons. The summed E-state index contributed by atoms with van der Waals surface area (Å²) in [4.78, 5) is 14.5. The van der Waals surface area contributed by atoms with Gasteiger partial charge in [0.15, 0.2) is 5.11 Å². The predicted molar refractivity (Wildman–Crippen MR) is 126 cm³/mol. The molecule has 1 amide bonds. The van der Waals surface area contributed by atoms with E-state index in [1.807, 2.05) is 84.5 Å². The Morgan fingerprint density at radius 1 is 1.10 bits per heavy atom. The van der Waals surface area contributed by atoms with Crippen molar-refractivity contribution in [1.29, 1.82) is 0 Å². The Hall–Kier alpha value is -3.29. The lowest BCUT2D eigenvalue weighted by atomic mass is 10.1. The number of hydrogen-bond donors (Lipinski definition) is 1. The third-order valence-electron chi connectivity index (χ3n) is 4.95. The summed E-state index contributed by atoms with van der Waals surface area (Å²) < 4.78 is 7.19. The first-order chi connectivity index (χ1) is 15.2. The van der Waals surface area contributed by atoms with Crippen molar-refractivity contribution in [3.8, 4) is 16.9 Å². The van der Waals surface area contributed by atoms with Gasteiger partial charge in [0.2, 0.25) is 0 Å². The maximum atomic E-state index is 12.9. The van der Waals surface area contributed by atoms with E-state index in [0.717, 1.165) is 28.9 Å². The molecule has 0 atom stereocenters. The SMILES string of the molecule is CCOCCCN1C(=O)/C(=C\c2cn(-c3ccccc3)nc2-c2ccccc2)NC1=S. The minimum atomic E-state index is -0.132. The highest BCUT2D eigenvalue weighted by molar-refractivity contribution is 7.80. The fourth-order valence-electron chi connectivity index (χ4n) is 3.43. The molecule has 0 saturated carbocycles. The molecule has 1 fully saturated rings. The summed E-state index contributed by atoms with van der Waals surface area (Å²) in [5.41, 5.74) is 4.01. The van der Waals surface area contributed by atoms with Gasteiger partial charge in [-0.05, 0) is 43.8 Å². The van der Waals surface area contributed by atoms with E-state index in [2.05, 4.69) is 5.32 Å². The van der Waals surface area contributed by atoms with Crippen LogP contribution in [0.25, 0.3) is 23.0 Å². The lowest BCUT2D eigenvalue weighted by Crippen LogP contribution is -2.32. The Kier molecular flexibility index (Phi) is 6.54. The molecule has 3 aromatic rings. The molecular formula is C24H24N4O2S. The number of benzene rings is 2. The van der Waals surface area contributed by atoms with Crippen LogP contribution in [0.5, 0.6) is 0 Å². The third-order valence-corrected chi connectivity index (χ3v) is 5.27. The molecular weight excluding hydrogens is 408 g/mol. The highest BCUT2D eigenvalue weighted by atomic mass is 32.1. The lowest BCUT2D eigenvalue weighted by Gasteiger charge is -2.13. The van der Waals surface area contributed by atoms with Gasteiger partial charge in [-0.25, -0.2) is 4.68 Å². The largest absolute Gasteiger partial charge is 0.382 e. The van der Waals surface area contributed by atoms with Gasteiger partial charge in [0.05, 0.1) is 5.69 Å². The molecule has 0 spiro atoms. The standard InChI is InChI=1S/C24H24N4O2S/c1-2-30-15-9-14-27-23(29)21(25-24(27)31)16-19-17-28(20-12-7-4-8-13-20)26-22(19)18-10-5-3-6-11-18/h3-8,10-13,16-17H,2,9,14-15H2,1H3,(H,25,31)/b21-16+. The van der Waals surface area contributed by atoms with Crippen LogP contribution >= 0.6 is 12.2 Å². The van der Waals surface area contributed by atoms with Crippen molar-refractivity contribution in [3.05, 3.63) is 78.1 Å².